The second-order valence-electron chi connectivity index (χ2n) is 3.30. The Morgan fingerprint density at radius 2 is 1.95 bits per heavy atom. The maximum atomic E-state index is 6.92. The third kappa shape index (κ3) is 6.07. The van der Waals surface area contributed by atoms with Gasteiger partial charge in [-0.15, -0.1) is 0 Å². The van der Waals surface area contributed by atoms with Gasteiger partial charge < -0.3 is 22.0 Å². The normalized spacial score (nSPS) is 9.55. The molecule has 1 rings (SSSR count). The van der Waals surface area contributed by atoms with Gasteiger partial charge in [0.1, 0.15) is 0 Å². The summed E-state index contributed by atoms with van der Waals surface area (Å²) in [5.41, 5.74) is 16.9. The van der Waals surface area contributed by atoms with E-state index >= 15 is 0 Å². The molecular formula is C13H23N7. The number of benzene rings is 1. The van der Waals surface area contributed by atoms with E-state index in [2.05, 4.69) is 21.4 Å². The van der Waals surface area contributed by atoms with Crippen LogP contribution in [0.25, 0.3) is 0 Å². The maximum Gasteiger partial charge on any atom is 0.0648 e. The third-order valence-corrected chi connectivity index (χ3v) is 2.14. The van der Waals surface area contributed by atoms with Crippen molar-refractivity contribution in [2.75, 3.05) is 17.4 Å². The number of nitrogens with zero attached hydrogens (tertiary/aromatic N) is 1. The van der Waals surface area contributed by atoms with Crippen LogP contribution in [0.3, 0.4) is 0 Å². The molecule has 0 saturated heterocycles. The highest BCUT2D eigenvalue weighted by molar-refractivity contribution is 6.14. The van der Waals surface area contributed by atoms with Crippen LogP contribution < -0.4 is 22.0 Å². The van der Waals surface area contributed by atoms with E-state index in [9.17, 15) is 0 Å². The molecule has 0 unspecified atom stereocenters. The van der Waals surface area contributed by atoms with Gasteiger partial charge >= 0.3 is 0 Å². The summed E-state index contributed by atoms with van der Waals surface area (Å²) < 4.78 is 0. The van der Waals surface area contributed by atoms with Gasteiger partial charge in [-0.05, 0) is 12.1 Å². The lowest BCUT2D eigenvalue weighted by molar-refractivity contribution is 0.916. The Hall–Kier alpha value is -2.25. The van der Waals surface area contributed by atoms with Crippen molar-refractivity contribution in [2.24, 2.45) is 10.8 Å². The van der Waals surface area contributed by atoms with Crippen molar-refractivity contribution in [1.82, 2.24) is 5.43 Å². The summed E-state index contributed by atoms with van der Waals surface area (Å²) in [7, 11) is 0. The molecule has 7 N–H and O–H groups in total. The van der Waals surface area contributed by atoms with Gasteiger partial charge in [-0.3, -0.25) is 5.43 Å². The minimum atomic E-state index is 0.345. The van der Waals surface area contributed by atoms with E-state index < -0.39 is 0 Å². The molecule has 0 atom stereocenters. The Bertz CT molecular complexity index is 429. The summed E-state index contributed by atoms with van der Waals surface area (Å²) in [5.74, 6) is 0. The summed E-state index contributed by atoms with van der Waals surface area (Å²) in [6.45, 7) is 4.77. The number of hydrogen-bond donors (Lipinski definition) is 6. The molecule has 0 aromatic heterocycles. The van der Waals surface area contributed by atoms with Crippen LogP contribution in [0.5, 0.6) is 0 Å². The molecular weight excluding hydrogens is 254 g/mol. The predicted octanol–water partition coefficient (Wildman–Crippen LogP) is 1.78. The molecule has 0 bridgehead atoms. The van der Waals surface area contributed by atoms with Crippen LogP contribution in [0.15, 0.2) is 23.3 Å². The highest BCUT2D eigenvalue weighted by atomic mass is 15.4. The summed E-state index contributed by atoms with van der Waals surface area (Å²) in [5, 5.41) is 17.6. The lowest BCUT2D eigenvalue weighted by Gasteiger charge is -2.14. The van der Waals surface area contributed by atoms with Gasteiger partial charge in [0.25, 0.3) is 0 Å². The highest BCUT2D eigenvalue weighted by Crippen LogP contribution is 2.23. The molecule has 7 heteroatoms. The van der Waals surface area contributed by atoms with E-state index in [1.165, 1.54) is 12.4 Å². The molecule has 0 heterocycles. The molecule has 110 valence electrons. The molecule has 20 heavy (non-hydrogen) atoms. The molecule has 0 radical (unpaired) electrons. The number of rotatable bonds is 8. The molecule has 0 aliphatic heterocycles. The van der Waals surface area contributed by atoms with Crippen LogP contribution in [0.1, 0.15) is 19.4 Å². The van der Waals surface area contributed by atoms with Gasteiger partial charge in [0.2, 0.25) is 0 Å². The lowest BCUT2D eigenvalue weighted by atomic mass is 10.1. The van der Waals surface area contributed by atoms with Crippen molar-refractivity contribution < 1.29 is 0 Å². The number of anilines is 2. The fraction of sp³-hybridized carbons (Fsp3) is 0.308. The van der Waals surface area contributed by atoms with Gasteiger partial charge in [-0.25, -0.2) is 5.43 Å². The molecule has 7 nitrogen and oxygen atoms in total. The zero-order chi connectivity index (χ0) is 15.2. The first-order chi connectivity index (χ1) is 9.83. The van der Waals surface area contributed by atoms with Crippen LogP contribution >= 0.6 is 0 Å². The van der Waals surface area contributed by atoms with E-state index in [0.717, 1.165) is 23.2 Å². The summed E-state index contributed by atoms with van der Waals surface area (Å²) in [6.07, 6.45) is 3.68. The van der Waals surface area contributed by atoms with Gasteiger partial charge in [0, 0.05) is 31.1 Å². The predicted molar refractivity (Wildman–Crippen MR) is 87.0 cm³/mol. The minimum absolute atomic E-state index is 0.345. The lowest BCUT2D eigenvalue weighted by Crippen LogP contribution is -2.24. The van der Waals surface area contributed by atoms with E-state index in [1.807, 2.05) is 32.0 Å². The van der Waals surface area contributed by atoms with E-state index in [4.69, 9.17) is 16.6 Å². The molecule has 0 aliphatic carbocycles. The van der Waals surface area contributed by atoms with Crippen molar-refractivity contribution in [2.45, 2.75) is 20.4 Å². The van der Waals surface area contributed by atoms with Crippen molar-refractivity contribution in [3.63, 3.8) is 0 Å². The molecule has 0 fully saturated rings. The molecule has 0 saturated carbocycles. The van der Waals surface area contributed by atoms with Crippen molar-refractivity contribution in [3.05, 3.63) is 23.8 Å². The van der Waals surface area contributed by atoms with Crippen LogP contribution in [0.4, 0.5) is 11.4 Å². The van der Waals surface area contributed by atoms with Gasteiger partial charge in [-0.2, -0.15) is 5.10 Å². The maximum absolute atomic E-state index is 6.92. The highest BCUT2D eigenvalue weighted by Gasteiger charge is 2.05. The Labute approximate surface area is 119 Å². The number of hydrazone groups is 1. The SMILES string of the molecule is CC.N=C/C=N\Nc1cccc(NNCC=N)c1CN. The molecule has 1 aromatic rings. The number of hydrogen-bond acceptors (Lipinski definition) is 7. The largest absolute Gasteiger partial charge is 0.326 e. The van der Waals surface area contributed by atoms with E-state index in [0.29, 0.717) is 13.1 Å². The standard InChI is InChI=1S/C11H17N7.C2H6/c12-4-6-15-17-10-2-1-3-11(9(10)8-14)18-16-7-5-13;1-2/h1-6,12-13,16-18H,7-8,14H2;1-2H3/b12-4?,13-5?,15-6-;. The average Bonchev–Trinajstić information content (AvgIpc) is 2.50. The van der Waals surface area contributed by atoms with E-state index in [1.54, 1.807) is 0 Å². The fourth-order valence-corrected chi connectivity index (χ4v) is 1.37. The monoisotopic (exact) mass is 277 g/mol. The van der Waals surface area contributed by atoms with Crippen LogP contribution in [-0.4, -0.2) is 25.2 Å². The summed E-state index contributed by atoms with van der Waals surface area (Å²) in [4.78, 5) is 0. The van der Waals surface area contributed by atoms with Gasteiger partial charge in [0.15, 0.2) is 0 Å². The molecule has 1 aromatic carbocycles. The Morgan fingerprint density at radius 1 is 1.25 bits per heavy atom. The fourth-order valence-electron chi connectivity index (χ4n) is 1.37. The quantitative estimate of drug-likeness (QED) is 0.246. The Kier molecular flexibility index (Phi) is 10.5. The third-order valence-electron chi connectivity index (χ3n) is 2.14. The smallest absolute Gasteiger partial charge is 0.0648 e. The second kappa shape index (κ2) is 11.8. The van der Waals surface area contributed by atoms with E-state index in [-0.39, 0.29) is 0 Å². The number of nitrogens with one attached hydrogen (secondary N) is 5. The average molecular weight is 277 g/mol. The van der Waals surface area contributed by atoms with Gasteiger partial charge in [-0.1, -0.05) is 19.9 Å². The second-order valence-corrected chi connectivity index (χ2v) is 3.30. The topological polar surface area (TPSA) is 122 Å². The first-order valence-corrected chi connectivity index (χ1v) is 6.41. The first kappa shape index (κ1) is 17.8. The van der Waals surface area contributed by atoms with Crippen molar-refractivity contribution >= 4 is 30.0 Å². The summed E-state index contributed by atoms with van der Waals surface area (Å²) >= 11 is 0. The number of hydrazine groups is 1. The van der Waals surface area contributed by atoms with Gasteiger partial charge in [0.05, 0.1) is 17.6 Å². The zero-order valence-electron chi connectivity index (χ0n) is 11.9. The Balaban J connectivity index is 0.00000172. The van der Waals surface area contributed by atoms with Crippen LogP contribution in [0, 0.1) is 10.8 Å². The van der Waals surface area contributed by atoms with Crippen molar-refractivity contribution in [1.29, 1.82) is 10.8 Å². The minimum Gasteiger partial charge on any atom is -0.326 e. The van der Waals surface area contributed by atoms with Crippen LogP contribution in [0.2, 0.25) is 0 Å². The molecule has 0 aliphatic rings. The first-order valence-electron chi connectivity index (χ1n) is 6.41. The summed E-state index contributed by atoms with van der Waals surface area (Å²) in [6, 6.07) is 5.59. The Morgan fingerprint density at radius 3 is 2.55 bits per heavy atom. The van der Waals surface area contributed by atoms with Crippen LogP contribution in [-0.2, 0) is 6.54 Å². The molecule has 0 amide bonds. The zero-order valence-corrected chi connectivity index (χ0v) is 11.9. The number of nitrogens with two attached hydrogens (primary N) is 1. The van der Waals surface area contributed by atoms with Crippen molar-refractivity contribution in [3.8, 4) is 0 Å². The molecule has 0 spiro atoms.